The molecule has 0 unspecified atom stereocenters. The van der Waals surface area contributed by atoms with Crippen LogP contribution in [0.5, 0.6) is 0 Å². The van der Waals surface area contributed by atoms with Crippen LogP contribution in [0, 0.1) is 11.8 Å². The number of hydrogen-bond acceptors (Lipinski definition) is 4. The van der Waals surface area contributed by atoms with Crippen LogP contribution >= 0.6 is 11.3 Å². The highest BCUT2D eigenvalue weighted by Crippen LogP contribution is 2.20. The lowest BCUT2D eigenvalue weighted by Crippen LogP contribution is -2.28. The van der Waals surface area contributed by atoms with Crippen molar-refractivity contribution in [1.82, 2.24) is 5.32 Å². The van der Waals surface area contributed by atoms with E-state index in [1.807, 2.05) is 5.38 Å². The third-order valence-corrected chi connectivity index (χ3v) is 4.13. The average molecular weight is 293 g/mol. The Kier molecular flexibility index (Phi) is 6.06. The van der Waals surface area contributed by atoms with Gasteiger partial charge in [-0.05, 0) is 24.3 Å². The van der Waals surface area contributed by atoms with Crippen LogP contribution < -0.4 is 5.32 Å². The summed E-state index contributed by atoms with van der Waals surface area (Å²) in [5.41, 5.74) is 0.665. The van der Waals surface area contributed by atoms with Crippen LogP contribution in [0.2, 0.25) is 0 Å². The number of thiophene rings is 1. The van der Waals surface area contributed by atoms with Crippen molar-refractivity contribution in [2.24, 2.45) is 0 Å². The zero-order chi connectivity index (χ0) is 14.2. The van der Waals surface area contributed by atoms with Crippen LogP contribution in [-0.2, 0) is 4.74 Å². The van der Waals surface area contributed by atoms with Crippen LogP contribution in [-0.4, -0.2) is 36.9 Å². The Morgan fingerprint density at radius 1 is 1.50 bits per heavy atom. The van der Waals surface area contributed by atoms with Gasteiger partial charge in [-0.1, -0.05) is 24.7 Å². The van der Waals surface area contributed by atoms with Gasteiger partial charge in [0.05, 0.1) is 12.7 Å². The maximum absolute atomic E-state index is 12.0. The number of carbonyl (C=O) groups excluding carboxylic acids is 1. The average Bonchev–Trinajstić information content (AvgIpc) is 3.12. The Balaban J connectivity index is 1.75. The molecule has 2 N–H and O–H groups in total. The van der Waals surface area contributed by atoms with E-state index in [9.17, 15) is 4.79 Å². The van der Waals surface area contributed by atoms with Gasteiger partial charge in [-0.3, -0.25) is 4.79 Å². The minimum Gasteiger partial charge on any atom is -0.384 e. The minimum absolute atomic E-state index is 0.128. The smallest absolute Gasteiger partial charge is 0.262 e. The molecule has 1 aliphatic rings. The van der Waals surface area contributed by atoms with Gasteiger partial charge in [-0.15, -0.1) is 11.3 Å². The fourth-order valence-electron chi connectivity index (χ4n) is 2.24. The molecule has 1 fully saturated rings. The molecule has 5 heteroatoms. The van der Waals surface area contributed by atoms with E-state index in [0.717, 1.165) is 12.8 Å². The fraction of sp³-hybridized carbons (Fsp3) is 0.533. The molecule has 1 aromatic heterocycles. The van der Waals surface area contributed by atoms with Gasteiger partial charge in [0.1, 0.15) is 11.5 Å². The van der Waals surface area contributed by atoms with Crippen molar-refractivity contribution in [1.29, 1.82) is 0 Å². The standard InChI is InChI=1S/C15H19NO3S/c17-9-3-4-12-7-11-20-14(12)15(18)16-8-10-19-13-5-1-2-6-13/h7,11,13,17H,1-2,5-6,8-10H2,(H,16,18). The molecule has 0 radical (unpaired) electrons. The molecular weight excluding hydrogens is 274 g/mol. The Morgan fingerprint density at radius 3 is 3.05 bits per heavy atom. The normalized spacial score (nSPS) is 14.8. The largest absolute Gasteiger partial charge is 0.384 e. The third-order valence-electron chi connectivity index (χ3n) is 3.22. The summed E-state index contributed by atoms with van der Waals surface area (Å²) in [5.74, 6) is 5.21. The molecular formula is C15H19NO3S. The molecule has 0 atom stereocenters. The van der Waals surface area contributed by atoms with Crippen LogP contribution in [0.3, 0.4) is 0 Å². The highest BCUT2D eigenvalue weighted by Gasteiger charge is 2.15. The van der Waals surface area contributed by atoms with Crippen LogP contribution in [0.15, 0.2) is 11.4 Å². The molecule has 0 saturated heterocycles. The van der Waals surface area contributed by atoms with Crippen LogP contribution in [0.1, 0.15) is 40.9 Å². The summed E-state index contributed by atoms with van der Waals surface area (Å²) >= 11 is 1.35. The molecule has 0 aliphatic heterocycles. The van der Waals surface area contributed by atoms with Crippen molar-refractivity contribution in [3.63, 3.8) is 0 Å². The van der Waals surface area contributed by atoms with Crippen molar-refractivity contribution in [2.45, 2.75) is 31.8 Å². The summed E-state index contributed by atoms with van der Waals surface area (Å²) < 4.78 is 5.69. The van der Waals surface area contributed by atoms with Gasteiger partial charge in [0.2, 0.25) is 0 Å². The minimum atomic E-state index is -0.202. The first kappa shape index (κ1) is 15.0. The fourth-order valence-corrected chi connectivity index (χ4v) is 3.01. The summed E-state index contributed by atoms with van der Waals surface area (Å²) in [6.45, 7) is 0.867. The van der Waals surface area contributed by atoms with Crippen molar-refractivity contribution in [3.05, 3.63) is 21.9 Å². The first-order chi connectivity index (χ1) is 9.81. The predicted octanol–water partition coefficient (Wildman–Crippen LogP) is 1.78. The molecule has 1 amide bonds. The van der Waals surface area contributed by atoms with Crippen LogP contribution in [0.25, 0.3) is 0 Å². The quantitative estimate of drug-likeness (QED) is 0.643. The molecule has 1 saturated carbocycles. The molecule has 4 nitrogen and oxygen atoms in total. The summed E-state index contributed by atoms with van der Waals surface area (Å²) in [4.78, 5) is 12.6. The first-order valence-electron chi connectivity index (χ1n) is 6.88. The zero-order valence-corrected chi connectivity index (χ0v) is 12.2. The predicted molar refractivity (Wildman–Crippen MR) is 78.8 cm³/mol. The molecule has 1 aliphatic carbocycles. The Morgan fingerprint density at radius 2 is 2.30 bits per heavy atom. The number of amides is 1. The molecule has 0 aromatic carbocycles. The van der Waals surface area contributed by atoms with Crippen molar-refractivity contribution in [3.8, 4) is 11.8 Å². The van der Waals surface area contributed by atoms with E-state index in [0.29, 0.717) is 29.7 Å². The third kappa shape index (κ3) is 4.34. The highest BCUT2D eigenvalue weighted by atomic mass is 32.1. The lowest BCUT2D eigenvalue weighted by molar-refractivity contribution is 0.0582. The zero-order valence-electron chi connectivity index (χ0n) is 11.4. The van der Waals surface area contributed by atoms with E-state index in [4.69, 9.17) is 9.84 Å². The van der Waals surface area contributed by atoms with E-state index >= 15 is 0 Å². The highest BCUT2D eigenvalue weighted by molar-refractivity contribution is 7.12. The van der Waals surface area contributed by atoms with Gasteiger partial charge >= 0.3 is 0 Å². The van der Waals surface area contributed by atoms with E-state index in [1.54, 1.807) is 6.07 Å². The number of rotatable bonds is 5. The number of aliphatic hydroxyl groups excluding tert-OH is 1. The Bertz CT molecular complexity index is 495. The van der Waals surface area contributed by atoms with Crippen molar-refractivity contribution >= 4 is 17.2 Å². The molecule has 2 rings (SSSR count). The number of ether oxygens (including phenoxy) is 1. The molecule has 1 heterocycles. The van der Waals surface area contributed by atoms with E-state index < -0.39 is 0 Å². The van der Waals surface area contributed by atoms with Crippen molar-refractivity contribution < 1.29 is 14.6 Å². The summed E-state index contributed by atoms with van der Waals surface area (Å²) in [5, 5.41) is 13.4. The SMILES string of the molecule is O=C(NCCOC1CCCC1)c1sccc1C#CCO. The van der Waals surface area contributed by atoms with Gasteiger partial charge in [0.15, 0.2) is 0 Å². The molecule has 1 aromatic rings. The summed E-state index contributed by atoms with van der Waals surface area (Å²) in [6.07, 6.45) is 5.15. The van der Waals surface area contributed by atoms with E-state index in [-0.39, 0.29) is 12.5 Å². The van der Waals surface area contributed by atoms with Gasteiger partial charge < -0.3 is 15.2 Å². The van der Waals surface area contributed by atoms with E-state index in [1.165, 1.54) is 24.2 Å². The molecule has 0 bridgehead atoms. The second-order valence-corrected chi connectivity index (χ2v) is 5.57. The summed E-state index contributed by atoms with van der Waals surface area (Å²) in [7, 11) is 0. The lowest BCUT2D eigenvalue weighted by atomic mass is 10.2. The second kappa shape index (κ2) is 8.05. The molecule has 20 heavy (non-hydrogen) atoms. The Labute approximate surface area is 123 Å². The number of aliphatic hydroxyl groups is 1. The molecule has 108 valence electrons. The number of carbonyl (C=O) groups is 1. The van der Waals surface area contributed by atoms with Crippen LogP contribution in [0.4, 0.5) is 0 Å². The van der Waals surface area contributed by atoms with Gasteiger partial charge in [-0.2, -0.15) is 0 Å². The van der Waals surface area contributed by atoms with E-state index in [2.05, 4.69) is 17.2 Å². The topological polar surface area (TPSA) is 58.6 Å². The monoisotopic (exact) mass is 293 g/mol. The van der Waals surface area contributed by atoms with Gasteiger partial charge in [0, 0.05) is 12.1 Å². The van der Waals surface area contributed by atoms with Crippen molar-refractivity contribution in [2.75, 3.05) is 19.8 Å². The maximum atomic E-state index is 12.0. The summed E-state index contributed by atoms with van der Waals surface area (Å²) in [6, 6.07) is 1.79. The number of hydrogen-bond donors (Lipinski definition) is 2. The van der Waals surface area contributed by atoms with Gasteiger partial charge in [0.25, 0.3) is 5.91 Å². The number of nitrogens with one attached hydrogen (secondary N) is 1. The van der Waals surface area contributed by atoms with Gasteiger partial charge in [-0.25, -0.2) is 0 Å². The maximum Gasteiger partial charge on any atom is 0.262 e. The molecule has 0 spiro atoms. The lowest BCUT2D eigenvalue weighted by Gasteiger charge is -2.11. The second-order valence-electron chi connectivity index (χ2n) is 4.66. The first-order valence-corrected chi connectivity index (χ1v) is 7.76. The Hall–Kier alpha value is -1.35.